The summed E-state index contributed by atoms with van der Waals surface area (Å²) in [6.07, 6.45) is 3.29. The molecule has 3 rings (SSSR count). The molecule has 0 bridgehead atoms. The predicted molar refractivity (Wildman–Crippen MR) is 120 cm³/mol. The number of piperidine rings is 1. The van der Waals surface area contributed by atoms with Crippen molar-refractivity contribution in [2.24, 2.45) is 0 Å². The Morgan fingerprint density at radius 1 is 1.07 bits per heavy atom. The molecule has 2 aliphatic heterocycles. The number of hydrogen-bond donors (Lipinski definition) is 1. The van der Waals surface area contributed by atoms with E-state index in [0.29, 0.717) is 30.7 Å². The van der Waals surface area contributed by atoms with E-state index in [2.05, 4.69) is 78.0 Å². The number of hydrogen-bond acceptors (Lipinski definition) is 4. The normalized spacial score (nSPS) is 23.0. The Hall–Kier alpha value is -1.43. The van der Waals surface area contributed by atoms with Crippen molar-refractivity contribution in [1.82, 2.24) is 20.0 Å². The first-order valence-corrected chi connectivity index (χ1v) is 11.5. The molecule has 162 valence electrons. The highest BCUT2D eigenvalue weighted by atomic mass is 16.2. The lowest BCUT2D eigenvalue weighted by Crippen LogP contribution is -2.50. The average Bonchev–Trinajstić information content (AvgIpc) is 3.22. The number of likely N-dealkylation sites (N-methyl/N-ethyl adjacent to an activating group) is 1. The standard InChI is InChI=1S/C24H40N4O/c1-5-26(18-24(29)25-22-11-14-27(15-12-22)19(2)3)23-13-16-28(17-23)20(4)21-9-7-6-8-10-21/h6-10,19-20,22-23H,5,11-18H2,1-4H3,(H,25,29). The zero-order valence-corrected chi connectivity index (χ0v) is 18.8. The van der Waals surface area contributed by atoms with Crippen LogP contribution >= 0.6 is 0 Å². The number of carbonyl (C=O) groups is 1. The second-order valence-electron chi connectivity index (χ2n) is 9.06. The molecule has 1 aromatic carbocycles. The predicted octanol–water partition coefficient (Wildman–Crippen LogP) is 3.13. The molecule has 5 nitrogen and oxygen atoms in total. The molecule has 0 spiro atoms. The van der Waals surface area contributed by atoms with Crippen LogP contribution in [0.25, 0.3) is 0 Å². The van der Waals surface area contributed by atoms with Gasteiger partial charge in [-0.2, -0.15) is 0 Å². The number of amides is 1. The minimum atomic E-state index is 0.199. The lowest BCUT2D eigenvalue weighted by molar-refractivity contribution is -0.123. The van der Waals surface area contributed by atoms with Gasteiger partial charge in [-0.3, -0.25) is 14.6 Å². The zero-order valence-electron chi connectivity index (χ0n) is 18.8. The Morgan fingerprint density at radius 2 is 1.72 bits per heavy atom. The Morgan fingerprint density at radius 3 is 2.34 bits per heavy atom. The average molecular weight is 401 g/mol. The highest BCUT2D eigenvalue weighted by Crippen LogP contribution is 2.26. The molecule has 2 saturated heterocycles. The Bertz CT molecular complexity index is 627. The fourth-order valence-electron chi connectivity index (χ4n) is 4.88. The molecular weight excluding hydrogens is 360 g/mol. The Labute approximate surface area is 177 Å². The van der Waals surface area contributed by atoms with Gasteiger partial charge >= 0.3 is 0 Å². The van der Waals surface area contributed by atoms with Crippen molar-refractivity contribution in [3.05, 3.63) is 35.9 Å². The highest BCUT2D eigenvalue weighted by Gasteiger charge is 2.31. The lowest BCUT2D eigenvalue weighted by Gasteiger charge is -2.35. The third-order valence-electron chi connectivity index (χ3n) is 6.92. The summed E-state index contributed by atoms with van der Waals surface area (Å²) >= 11 is 0. The molecular formula is C24H40N4O. The number of benzene rings is 1. The number of likely N-dealkylation sites (tertiary alicyclic amines) is 2. The first kappa shape index (κ1) is 22.3. The van der Waals surface area contributed by atoms with Crippen LogP contribution in [0.3, 0.4) is 0 Å². The molecule has 0 saturated carbocycles. The van der Waals surface area contributed by atoms with E-state index in [4.69, 9.17) is 0 Å². The molecule has 1 N–H and O–H groups in total. The largest absolute Gasteiger partial charge is 0.352 e. The molecule has 0 radical (unpaired) electrons. The van der Waals surface area contributed by atoms with Crippen LogP contribution in [0.1, 0.15) is 58.6 Å². The van der Waals surface area contributed by atoms with E-state index < -0.39 is 0 Å². The third kappa shape index (κ3) is 6.03. The van der Waals surface area contributed by atoms with Gasteiger partial charge in [0, 0.05) is 50.3 Å². The fraction of sp³-hybridized carbons (Fsp3) is 0.708. The maximum absolute atomic E-state index is 12.7. The Balaban J connectivity index is 1.46. The topological polar surface area (TPSA) is 38.8 Å². The van der Waals surface area contributed by atoms with Gasteiger partial charge in [-0.15, -0.1) is 0 Å². The maximum atomic E-state index is 12.7. The fourth-order valence-corrected chi connectivity index (χ4v) is 4.88. The summed E-state index contributed by atoms with van der Waals surface area (Å²) in [5, 5.41) is 3.31. The molecule has 1 aromatic rings. The van der Waals surface area contributed by atoms with Crippen molar-refractivity contribution >= 4 is 5.91 Å². The monoisotopic (exact) mass is 400 g/mol. The van der Waals surface area contributed by atoms with Crippen LogP contribution in [-0.2, 0) is 4.79 Å². The Kier molecular flexibility index (Phi) is 8.10. The van der Waals surface area contributed by atoms with Gasteiger partial charge in [-0.25, -0.2) is 0 Å². The van der Waals surface area contributed by atoms with Gasteiger partial charge in [-0.05, 0) is 52.1 Å². The second-order valence-corrected chi connectivity index (χ2v) is 9.06. The molecule has 2 heterocycles. The first-order valence-electron chi connectivity index (χ1n) is 11.5. The highest BCUT2D eigenvalue weighted by molar-refractivity contribution is 5.78. The quantitative estimate of drug-likeness (QED) is 0.728. The summed E-state index contributed by atoms with van der Waals surface area (Å²) in [5.74, 6) is 0.199. The first-order chi connectivity index (χ1) is 14.0. The minimum Gasteiger partial charge on any atom is -0.352 e. The molecule has 1 amide bonds. The van der Waals surface area contributed by atoms with Gasteiger partial charge in [0.25, 0.3) is 0 Å². The van der Waals surface area contributed by atoms with E-state index >= 15 is 0 Å². The van der Waals surface area contributed by atoms with Crippen molar-refractivity contribution < 1.29 is 4.79 Å². The molecule has 0 aromatic heterocycles. The van der Waals surface area contributed by atoms with Crippen molar-refractivity contribution in [3.8, 4) is 0 Å². The SMILES string of the molecule is CCN(CC(=O)NC1CCN(C(C)C)CC1)C1CCN(C(C)c2ccccc2)C1. The summed E-state index contributed by atoms with van der Waals surface area (Å²) in [5.41, 5.74) is 1.38. The van der Waals surface area contributed by atoms with Gasteiger partial charge in [-0.1, -0.05) is 37.3 Å². The van der Waals surface area contributed by atoms with Crippen LogP contribution in [-0.4, -0.2) is 78.0 Å². The van der Waals surface area contributed by atoms with Crippen LogP contribution in [0.4, 0.5) is 0 Å². The van der Waals surface area contributed by atoms with E-state index in [-0.39, 0.29) is 5.91 Å². The summed E-state index contributed by atoms with van der Waals surface area (Å²) in [6, 6.07) is 12.6. The van der Waals surface area contributed by atoms with E-state index in [9.17, 15) is 4.79 Å². The molecule has 2 atom stereocenters. The zero-order chi connectivity index (χ0) is 20.8. The summed E-state index contributed by atoms with van der Waals surface area (Å²) in [6.45, 7) is 14.8. The van der Waals surface area contributed by atoms with E-state index in [1.165, 1.54) is 5.56 Å². The van der Waals surface area contributed by atoms with Crippen molar-refractivity contribution in [3.63, 3.8) is 0 Å². The van der Waals surface area contributed by atoms with E-state index in [1.807, 2.05) is 0 Å². The van der Waals surface area contributed by atoms with Gasteiger partial charge in [0.05, 0.1) is 6.54 Å². The molecule has 29 heavy (non-hydrogen) atoms. The van der Waals surface area contributed by atoms with Gasteiger partial charge in [0.2, 0.25) is 5.91 Å². The molecule has 2 aliphatic rings. The number of rotatable bonds is 8. The van der Waals surface area contributed by atoms with Gasteiger partial charge in [0.1, 0.15) is 0 Å². The van der Waals surface area contributed by atoms with Crippen LogP contribution in [0.2, 0.25) is 0 Å². The van der Waals surface area contributed by atoms with Crippen molar-refractivity contribution in [2.45, 2.75) is 71.1 Å². The molecule has 2 fully saturated rings. The van der Waals surface area contributed by atoms with Crippen molar-refractivity contribution in [2.75, 3.05) is 39.3 Å². The summed E-state index contributed by atoms with van der Waals surface area (Å²) in [7, 11) is 0. The van der Waals surface area contributed by atoms with E-state index in [0.717, 1.165) is 52.0 Å². The number of nitrogens with one attached hydrogen (secondary N) is 1. The number of nitrogens with zero attached hydrogens (tertiary/aromatic N) is 3. The minimum absolute atomic E-state index is 0.199. The van der Waals surface area contributed by atoms with Crippen LogP contribution < -0.4 is 5.32 Å². The second kappa shape index (κ2) is 10.6. The molecule has 0 aliphatic carbocycles. The van der Waals surface area contributed by atoms with Crippen LogP contribution in [0.5, 0.6) is 0 Å². The van der Waals surface area contributed by atoms with Crippen LogP contribution in [0.15, 0.2) is 30.3 Å². The number of carbonyl (C=O) groups excluding carboxylic acids is 1. The smallest absolute Gasteiger partial charge is 0.234 e. The van der Waals surface area contributed by atoms with E-state index in [1.54, 1.807) is 0 Å². The molecule has 5 heteroatoms. The third-order valence-corrected chi connectivity index (χ3v) is 6.92. The summed E-state index contributed by atoms with van der Waals surface area (Å²) < 4.78 is 0. The summed E-state index contributed by atoms with van der Waals surface area (Å²) in [4.78, 5) is 20.1. The van der Waals surface area contributed by atoms with Crippen molar-refractivity contribution in [1.29, 1.82) is 0 Å². The van der Waals surface area contributed by atoms with Gasteiger partial charge < -0.3 is 10.2 Å². The maximum Gasteiger partial charge on any atom is 0.234 e. The lowest BCUT2D eigenvalue weighted by atomic mass is 10.0. The van der Waals surface area contributed by atoms with Gasteiger partial charge in [0.15, 0.2) is 0 Å². The van der Waals surface area contributed by atoms with Crippen LogP contribution in [0, 0.1) is 0 Å². The molecule has 2 unspecified atom stereocenters.